The van der Waals surface area contributed by atoms with Crippen LogP contribution in [0.15, 0.2) is 46.7 Å². The normalized spacial score (nSPS) is 20.2. The van der Waals surface area contributed by atoms with Crippen LogP contribution >= 0.6 is 11.3 Å². The van der Waals surface area contributed by atoms with Gasteiger partial charge in [0.05, 0.1) is 19.8 Å². The standard InChI is InChI=1S/C23H32N4O4S2/c28-23(19-5-2-1-3-6-19)25-17-21-7-8-22(32-21)33(29,30)27-12-9-20(18-27)24-10-4-11-26-13-15-31-16-14-26/h1-3,5-8,20,24H,4,9-18H2,(H,25,28). The van der Waals surface area contributed by atoms with Gasteiger partial charge in [-0.1, -0.05) is 18.2 Å². The van der Waals surface area contributed by atoms with Crippen LogP contribution in [0.3, 0.4) is 0 Å². The Labute approximate surface area is 200 Å². The second-order valence-corrected chi connectivity index (χ2v) is 11.7. The van der Waals surface area contributed by atoms with Crippen molar-refractivity contribution < 1.29 is 17.9 Å². The summed E-state index contributed by atoms with van der Waals surface area (Å²) in [6, 6.07) is 12.6. The van der Waals surface area contributed by atoms with Crippen molar-refractivity contribution in [3.8, 4) is 0 Å². The highest BCUT2D eigenvalue weighted by atomic mass is 32.2. The molecule has 0 aliphatic carbocycles. The van der Waals surface area contributed by atoms with Crippen molar-refractivity contribution in [3.05, 3.63) is 52.9 Å². The highest BCUT2D eigenvalue weighted by molar-refractivity contribution is 7.91. The monoisotopic (exact) mass is 492 g/mol. The van der Waals surface area contributed by atoms with Crippen molar-refractivity contribution in [2.75, 3.05) is 52.5 Å². The van der Waals surface area contributed by atoms with Crippen LogP contribution in [0.25, 0.3) is 0 Å². The van der Waals surface area contributed by atoms with Crippen molar-refractivity contribution in [1.29, 1.82) is 0 Å². The minimum absolute atomic E-state index is 0.171. The third kappa shape index (κ3) is 6.62. The molecule has 2 fully saturated rings. The van der Waals surface area contributed by atoms with E-state index in [0.717, 1.165) is 57.1 Å². The summed E-state index contributed by atoms with van der Waals surface area (Å²) in [5, 5.41) is 6.37. The number of carbonyl (C=O) groups is 1. The van der Waals surface area contributed by atoms with Gasteiger partial charge in [0.2, 0.25) is 0 Å². The van der Waals surface area contributed by atoms with Crippen molar-refractivity contribution in [2.45, 2.75) is 29.6 Å². The number of thiophene rings is 1. The number of benzene rings is 1. The van der Waals surface area contributed by atoms with Crippen LogP contribution in [0, 0.1) is 0 Å². The summed E-state index contributed by atoms with van der Waals surface area (Å²) < 4.78 is 33.5. The lowest BCUT2D eigenvalue weighted by molar-refractivity contribution is 0.0374. The minimum Gasteiger partial charge on any atom is -0.379 e. The topological polar surface area (TPSA) is 91.0 Å². The van der Waals surface area contributed by atoms with Gasteiger partial charge in [0.15, 0.2) is 0 Å². The third-order valence-electron chi connectivity index (χ3n) is 6.03. The van der Waals surface area contributed by atoms with Gasteiger partial charge in [-0.3, -0.25) is 9.69 Å². The van der Waals surface area contributed by atoms with Crippen molar-refractivity contribution in [1.82, 2.24) is 19.8 Å². The number of hydrogen-bond donors (Lipinski definition) is 2. The number of rotatable bonds is 10. The largest absolute Gasteiger partial charge is 0.379 e. The first-order valence-corrected chi connectivity index (χ1v) is 13.7. The zero-order chi connectivity index (χ0) is 23.1. The Bertz CT molecular complexity index is 1010. The van der Waals surface area contributed by atoms with Crippen LogP contribution < -0.4 is 10.6 Å². The fourth-order valence-electron chi connectivity index (χ4n) is 4.12. The quantitative estimate of drug-likeness (QED) is 0.491. The van der Waals surface area contributed by atoms with Gasteiger partial charge in [-0.15, -0.1) is 11.3 Å². The first kappa shape index (κ1) is 24.3. The number of hydrogen-bond acceptors (Lipinski definition) is 7. The molecular formula is C23H32N4O4S2. The second-order valence-electron chi connectivity index (χ2n) is 8.38. The molecule has 1 aromatic heterocycles. The van der Waals surface area contributed by atoms with E-state index >= 15 is 0 Å². The number of nitrogens with one attached hydrogen (secondary N) is 2. The fourth-order valence-corrected chi connectivity index (χ4v) is 7.07. The maximum Gasteiger partial charge on any atom is 0.252 e. The molecule has 1 aromatic carbocycles. The van der Waals surface area contributed by atoms with Crippen LogP contribution in [-0.2, 0) is 21.3 Å². The SMILES string of the molecule is O=C(NCc1ccc(S(=O)(=O)N2CCC(NCCCN3CCOCC3)C2)s1)c1ccccc1. The summed E-state index contributed by atoms with van der Waals surface area (Å²) >= 11 is 1.22. The number of sulfonamides is 1. The molecular weight excluding hydrogens is 460 g/mol. The van der Waals surface area contributed by atoms with Gasteiger partial charge in [0.25, 0.3) is 15.9 Å². The number of nitrogens with zero attached hydrogens (tertiary/aromatic N) is 2. The van der Waals surface area contributed by atoms with Crippen molar-refractivity contribution in [2.24, 2.45) is 0 Å². The highest BCUT2D eigenvalue weighted by Crippen LogP contribution is 2.27. The van der Waals surface area contributed by atoms with Gasteiger partial charge < -0.3 is 15.4 Å². The fraction of sp³-hybridized carbons (Fsp3) is 0.522. The van der Waals surface area contributed by atoms with Crippen LogP contribution in [0.4, 0.5) is 0 Å². The second kappa shape index (κ2) is 11.5. The van der Waals surface area contributed by atoms with Gasteiger partial charge >= 0.3 is 0 Å². The molecule has 33 heavy (non-hydrogen) atoms. The zero-order valence-electron chi connectivity index (χ0n) is 18.7. The average Bonchev–Trinajstić information content (AvgIpc) is 3.52. The molecule has 2 aromatic rings. The highest BCUT2D eigenvalue weighted by Gasteiger charge is 2.33. The molecule has 2 saturated heterocycles. The maximum absolute atomic E-state index is 13.1. The Hall–Kier alpha value is -1.82. The number of carbonyl (C=O) groups excluding carboxylic acids is 1. The van der Waals surface area contributed by atoms with Crippen molar-refractivity contribution in [3.63, 3.8) is 0 Å². The molecule has 1 atom stereocenters. The molecule has 0 radical (unpaired) electrons. The number of ether oxygens (including phenoxy) is 1. The molecule has 0 saturated carbocycles. The number of amides is 1. The van der Waals surface area contributed by atoms with Crippen LogP contribution in [-0.4, -0.2) is 82.1 Å². The summed E-state index contributed by atoms with van der Waals surface area (Å²) in [5.41, 5.74) is 0.586. The zero-order valence-corrected chi connectivity index (χ0v) is 20.4. The lowest BCUT2D eigenvalue weighted by atomic mass is 10.2. The maximum atomic E-state index is 13.1. The molecule has 0 spiro atoms. The molecule has 180 valence electrons. The Kier molecular flexibility index (Phi) is 8.50. The molecule has 2 aliphatic heterocycles. The summed E-state index contributed by atoms with van der Waals surface area (Å²) in [6.45, 7) is 6.88. The lowest BCUT2D eigenvalue weighted by Crippen LogP contribution is -2.39. The minimum atomic E-state index is -3.51. The van der Waals surface area contributed by atoms with Gasteiger partial charge in [0, 0.05) is 42.7 Å². The summed E-state index contributed by atoms with van der Waals surface area (Å²) in [5.74, 6) is -0.171. The Morgan fingerprint density at radius 3 is 2.67 bits per heavy atom. The van der Waals surface area contributed by atoms with E-state index in [-0.39, 0.29) is 11.9 Å². The third-order valence-corrected chi connectivity index (χ3v) is 9.45. The van der Waals surface area contributed by atoms with Gasteiger partial charge in [-0.2, -0.15) is 4.31 Å². The first-order valence-electron chi connectivity index (χ1n) is 11.5. The molecule has 3 heterocycles. The van der Waals surface area contributed by atoms with Gasteiger partial charge in [-0.25, -0.2) is 8.42 Å². The van der Waals surface area contributed by atoms with Crippen LogP contribution in [0.5, 0.6) is 0 Å². The van der Waals surface area contributed by atoms with Gasteiger partial charge in [-0.05, 0) is 50.2 Å². The molecule has 0 bridgehead atoms. The smallest absolute Gasteiger partial charge is 0.252 e. The summed E-state index contributed by atoms with van der Waals surface area (Å²) in [4.78, 5) is 15.4. The molecule has 1 amide bonds. The number of morpholine rings is 1. The Balaban J connectivity index is 1.22. The predicted octanol–water partition coefficient (Wildman–Crippen LogP) is 1.75. The van der Waals surface area contributed by atoms with E-state index in [0.29, 0.717) is 29.4 Å². The molecule has 4 rings (SSSR count). The van der Waals surface area contributed by atoms with Crippen LogP contribution in [0.1, 0.15) is 28.1 Å². The van der Waals surface area contributed by atoms with E-state index in [1.54, 1.807) is 28.6 Å². The Morgan fingerprint density at radius 1 is 1.09 bits per heavy atom. The van der Waals surface area contributed by atoms with E-state index in [9.17, 15) is 13.2 Å². The molecule has 2 aliphatic rings. The van der Waals surface area contributed by atoms with Gasteiger partial charge in [0.1, 0.15) is 4.21 Å². The van der Waals surface area contributed by atoms with Crippen LogP contribution in [0.2, 0.25) is 0 Å². The first-order chi connectivity index (χ1) is 16.0. The van der Waals surface area contributed by atoms with E-state index < -0.39 is 10.0 Å². The predicted molar refractivity (Wildman–Crippen MR) is 129 cm³/mol. The van der Waals surface area contributed by atoms with E-state index in [1.165, 1.54) is 11.3 Å². The molecule has 10 heteroatoms. The average molecular weight is 493 g/mol. The van der Waals surface area contributed by atoms with E-state index in [1.807, 2.05) is 18.2 Å². The Morgan fingerprint density at radius 2 is 1.88 bits per heavy atom. The molecule has 2 N–H and O–H groups in total. The lowest BCUT2D eigenvalue weighted by Gasteiger charge is -2.26. The van der Waals surface area contributed by atoms with Crippen molar-refractivity contribution >= 4 is 27.3 Å². The summed E-state index contributed by atoms with van der Waals surface area (Å²) in [6.07, 6.45) is 1.87. The van der Waals surface area contributed by atoms with E-state index in [4.69, 9.17) is 4.74 Å². The molecule has 1 unspecified atom stereocenters. The van der Waals surface area contributed by atoms with E-state index in [2.05, 4.69) is 15.5 Å². The summed E-state index contributed by atoms with van der Waals surface area (Å²) in [7, 11) is -3.51. The molecule has 8 nitrogen and oxygen atoms in total.